The largest absolute Gasteiger partial charge is 0.435 e. The van der Waals surface area contributed by atoms with E-state index in [1.807, 2.05) is 25.1 Å². The van der Waals surface area contributed by atoms with Crippen LogP contribution in [-0.4, -0.2) is 9.97 Å². The van der Waals surface area contributed by atoms with Crippen LogP contribution < -0.4 is 4.74 Å². The number of ether oxygens (including phenoxy) is 1. The fraction of sp³-hybridized carbons (Fsp3) is 0.125. The zero-order chi connectivity index (χ0) is 16.6. The number of aryl methyl sites for hydroxylation is 1. The van der Waals surface area contributed by atoms with Gasteiger partial charge in [0, 0.05) is 17.3 Å². The standard InChI is InChI=1S/C16H10ClF3N2O/c1-9-5-6-10-3-2-4-13(14(10)22-9)23-15-12(17)7-11(8-21-15)16(18,19)20/h2-8H,1H3. The van der Waals surface area contributed by atoms with Crippen LogP contribution in [0.5, 0.6) is 11.6 Å². The summed E-state index contributed by atoms with van der Waals surface area (Å²) in [6, 6.07) is 9.79. The molecule has 23 heavy (non-hydrogen) atoms. The van der Waals surface area contributed by atoms with E-state index >= 15 is 0 Å². The molecule has 0 atom stereocenters. The van der Waals surface area contributed by atoms with Gasteiger partial charge in [-0.25, -0.2) is 9.97 Å². The first kappa shape index (κ1) is 15.6. The maximum absolute atomic E-state index is 12.6. The molecular formula is C16H10ClF3N2O. The first-order valence-corrected chi connectivity index (χ1v) is 6.99. The second kappa shape index (κ2) is 5.70. The Hall–Kier alpha value is -2.34. The minimum Gasteiger partial charge on any atom is -0.435 e. The van der Waals surface area contributed by atoms with Crippen LogP contribution in [0.2, 0.25) is 5.02 Å². The summed E-state index contributed by atoms with van der Waals surface area (Å²) >= 11 is 5.86. The molecule has 2 heterocycles. The molecule has 0 bridgehead atoms. The fourth-order valence-corrected chi connectivity index (χ4v) is 2.26. The molecule has 0 unspecified atom stereocenters. The van der Waals surface area contributed by atoms with E-state index in [0.29, 0.717) is 17.5 Å². The van der Waals surface area contributed by atoms with Gasteiger partial charge in [0.1, 0.15) is 10.5 Å². The highest BCUT2D eigenvalue weighted by atomic mass is 35.5. The summed E-state index contributed by atoms with van der Waals surface area (Å²) in [5.74, 6) is 0.274. The van der Waals surface area contributed by atoms with E-state index in [0.717, 1.165) is 17.1 Å². The quantitative estimate of drug-likeness (QED) is 0.627. The molecule has 0 saturated carbocycles. The molecule has 2 aromatic heterocycles. The molecule has 0 aliphatic carbocycles. The lowest BCUT2D eigenvalue weighted by molar-refractivity contribution is -0.137. The summed E-state index contributed by atoms with van der Waals surface area (Å²) in [5.41, 5.74) is 0.451. The van der Waals surface area contributed by atoms with E-state index < -0.39 is 11.7 Å². The van der Waals surface area contributed by atoms with Crippen LogP contribution in [0, 0.1) is 6.92 Å². The van der Waals surface area contributed by atoms with Crippen molar-refractivity contribution < 1.29 is 17.9 Å². The van der Waals surface area contributed by atoms with E-state index in [9.17, 15) is 13.2 Å². The van der Waals surface area contributed by atoms with Gasteiger partial charge in [0.15, 0.2) is 5.75 Å². The maximum Gasteiger partial charge on any atom is 0.417 e. The predicted octanol–water partition coefficient (Wildman–Crippen LogP) is 5.40. The predicted molar refractivity (Wildman–Crippen MR) is 80.8 cm³/mol. The molecule has 7 heteroatoms. The minimum absolute atomic E-state index is 0.101. The van der Waals surface area contributed by atoms with Gasteiger partial charge in [-0.15, -0.1) is 0 Å². The van der Waals surface area contributed by atoms with Crippen molar-refractivity contribution in [1.82, 2.24) is 9.97 Å². The summed E-state index contributed by atoms with van der Waals surface area (Å²) in [6.07, 6.45) is -3.82. The molecule has 1 aromatic carbocycles. The van der Waals surface area contributed by atoms with Crippen molar-refractivity contribution >= 4 is 22.5 Å². The molecule has 0 amide bonds. The highest BCUT2D eigenvalue weighted by Crippen LogP contribution is 2.36. The summed E-state index contributed by atoms with van der Waals surface area (Å²) in [6.45, 7) is 1.83. The second-order valence-corrected chi connectivity index (χ2v) is 5.30. The minimum atomic E-state index is -4.51. The second-order valence-electron chi connectivity index (χ2n) is 4.89. The van der Waals surface area contributed by atoms with Crippen molar-refractivity contribution in [3.63, 3.8) is 0 Å². The van der Waals surface area contributed by atoms with Crippen molar-refractivity contribution in [3.05, 3.63) is 58.9 Å². The Kier molecular flexibility index (Phi) is 3.85. The molecule has 3 rings (SSSR count). The van der Waals surface area contributed by atoms with Crippen LogP contribution in [-0.2, 0) is 6.18 Å². The van der Waals surface area contributed by atoms with Gasteiger partial charge < -0.3 is 4.74 Å². The molecular weight excluding hydrogens is 329 g/mol. The number of hydrogen-bond acceptors (Lipinski definition) is 3. The van der Waals surface area contributed by atoms with Gasteiger partial charge in [-0.1, -0.05) is 29.8 Å². The number of rotatable bonds is 2. The van der Waals surface area contributed by atoms with Crippen molar-refractivity contribution in [2.24, 2.45) is 0 Å². The smallest absolute Gasteiger partial charge is 0.417 e. The Bertz CT molecular complexity index is 881. The molecule has 3 nitrogen and oxygen atoms in total. The zero-order valence-corrected chi connectivity index (χ0v) is 12.6. The number of benzene rings is 1. The number of aromatic nitrogens is 2. The third-order valence-corrected chi connectivity index (χ3v) is 3.43. The Labute approximate surface area is 134 Å². The topological polar surface area (TPSA) is 35.0 Å². The molecule has 118 valence electrons. The number of hydrogen-bond donors (Lipinski definition) is 0. The van der Waals surface area contributed by atoms with Crippen molar-refractivity contribution in [1.29, 1.82) is 0 Å². The average Bonchev–Trinajstić information content (AvgIpc) is 2.48. The average molecular weight is 339 g/mol. The Morgan fingerprint density at radius 3 is 2.61 bits per heavy atom. The van der Waals surface area contributed by atoms with Gasteiger partial charge >= 0.3 is 6.18 Å². The molecule has 0 radical (unpaired) electrons. The lowest BCUT2D eigenvalue weighted by atomic mass is 10.2. The number of halogens is 4. The summed E-state index contributed by atoms with van der Waals surface area (Å²) < 4.78 is 43.5. The van der Waals surface area contributed by atoms with Gasteiger partial charge in [0.2, 0.25) is 5.88 Å². The Morgan fingerprint density at radius 2 is 1.91 bits per heavy atom. The first-order valence-electron chi connectivity index (χ1n) is 6.61. The molecule has 0 fully saturated rings. The van der Waals surface area contributed by atoms with Crippen LogP contribution in [0.3, 0.4) is 0 Å². The number of alkyl halides is 3. The third kappa shape index (κ3) is 3.22. The van der Waals surface area contributed by atoms with E-state index in [-0.39, 0.29) is 10.9 Å². The lowest BCUT2D eigenvalue weighted by Gasteiger charge is -2.11. The van der Waals surface area contributed by atoms with Crippen LogP contribution in [0.1, 0.15) is 11.3 Å². The van der Waals surface area contributed by atoms with E-state index in [1.165, 1.54) is 0 Å². The summed E-state index contributed by atoms with van der Waals surface area (Å²) in [5, 5.41) is 0.626. The summed E-state index contributed by atoms with van der Waals surface area (Å²) in [7, 11) is 0. The third-order valence-electron chi connectivity index (χ3n) is 3.16. The number of fused-ring (bicyclic) bond motifs is 1. The van der Waals surface area contributed by atoms with Gasteiger partial charge in [-0.2, -0.15) is 13.2 Å². The number of nitrogens with zero attached hydrogens (tertiary/aromatic N) is 2. The number of para-hydroxylation sites is 1. The monoisotopic (exact) mass is 338 g/mol. The van der Waals surface area contributed by atoms with Gasteiger partial charge in [0.25, 0.3) is 0 Å². The van der Waals surface area contributed by atoms with Crippen LogP contribution >= 0.6 is 11.6 Å². The molecule has 0 N–H and O–H groups in total. The molecule has 0 aliphatic heterocycles. The molecule has 0 aliphatic rings. The summed E-state index contributed by atoms with van der Waals surface area (Å²) in [4.78, 5) is 8.05. The Morgan fingerprint density at radius 1 is 1.13 bits per heavy atom. The van der Waals surface area contributed by atoms with Gasteiger partial charge in [-0.3, -0.25) is 0 Å². The van der Waals surface area contributed by atoms with Crippen molar-refractivity contribution in [3.8, 4) is 11.6 Å². The lowest BCUT2D eigenvalue weighted by Crippen LogP contribution is -2.05. The highest BCUT2D eigenvalue weighted by molar-refractivity contribution is 6.31. The van der Waals surface area contributed by atoms with Crippen LogP contribution in [0.4, 0.5) is 13.2 Å². The van der Waals surface area contributed by atoms with Crippen LogP contribution in [0.25, 0.3) is 10.9 Å². The SMILES string of the molecule is Cc1ccc2cccc(Oc3ncc(C(F)(F)F)cc3Cl)c2n1. The molecule has 0 saturated heterocycles. The van der Waals surface area contributed by atoms with E-state index in [2.05, 4.69) is 9.97 Å². The molecule has 3 aromatic rings. The fourth-order valence-electron chi connectivity index (χ4n) is 2.06. The van der Waals surface area contributed by atoms with Gasteiger partial charge in [0.05, 0.1) is 5.56 Å². The Balaban J connectivity index is 2.01. The molecule has 0 spiro atoms. The van der Waals surface area contributed by atoms with Crippen LogP contribution in [0.15, 0.2) is 42.6 Å². The normalized spacial score (nSPS) is 11.7. The zero-order valence-electron chi connectivity index (χ0n) is 11.9. The highest BCUT2D eigenvalue weighted by Gasteiger charge is 2.31. The maximum atomic E-state index is 12.6. The van der Waals surface area contributed by atoms with E-state index in [1.54, 1.807) is 12.1 Å². The first-order chi connectivity index (χ1) is 10.8. The van der Waals surface area contributed by atoms with E-state index in [4.69, 9.17) is 16.3 Å². The number of pyridine rings is 2. The van der Waals surface area contributed by atoms with Crippen molar-refractivity contribution in [2.75, 3.05) is 0 Å². The van der Waals surface area contributed by atoms with Crippen molar-refractivity contribution in [2.45, 2.75) is 13.1 Å². The van der Waals surface area contributed by atoms with Gasteiger partial charge in [-0.05, 0) is 25.1 Å².